The van der Waals surface area contributed by atoms with Crippen molar-refractivity contribution in [3.63, 3.8) is 0 Å². The first-order valence-electron chi connectivity index (χ1n) is 11.6. The monoisotopic (exact) mass is 378 g/mol. The topological polar surface area (TPSA) is 23.6 Å². The van der Waals surface area contributed by atoms with Gasteiger partial charge < -0.3 is 9.80 Å². The number of nitrogens with zero attached hydrogens (tertiary/aromatic N) is 2. The summed E-state index contributed by atoms with van der Waals surface area (Å²) >= 11 is 0. The van der Waals surface area contributed by atoms with E-state index in [1.807, 2.05) is 0 Å². The third-order valence-corrected chi connectivity index (χ3v) is 7.73. The van der Waals surface area contributed by atoms with Crippen molar-refractivity contribution < 1.29 is 4.79 Å². The minimum atomic E-state index is 0.313. The Morgan fingerprint density at radius 2 is 1.71 bits per heavy atom. The van der Waals surface area contributed by atoms with Crippen LogP contribution in [0.4, 0.5) is 0 Å². The number of likely N-dealkylation sites (tertiary alicyclic amines) is 2. The summed E-state index contributed by atoms with van der Waals surface area (Å²) in [4.78, 5) is 17.6. The molecule has 28 heavy (non-hydrogen) atoms. The minimum absolute atomic E-state index is 0.313. The predicted molar refractivity (Wildman–Crippen MR) is 113 cm³/mol. The van der Waals surface area contributed by atoms with Crippen molar-refractivity contribution in [2.45, 2.75) is 57.3 Å². The van der Waals surface area contributed by atoms with E-state index in [-0.39, 0.29) is 0 Å². The molecule has 1 aromatic rings. The number of amides is 1. The summed E-state index contributed by atoms with van der Waals surface area (Å²) in [6.45, 7) is 5.61. The maximum Gasteiger partial charge on any atom is 0.225 e. The molecule has 0 spiro atoms. The van der Waals surface area contributed by atoms with Gasteiger partial charge >= 0.3 is 0 Å². The molecule has 1 amide bonds. The van der Waals surface area contributed by atoms with Crippen LogP contribution in [0.25, 0.3) is 0 Å². The lowest BCUT2D eigenvalue weighted by Crippen LogP contribution is -2.34. The third-order valence-electron chi connectivity index (χ3n) is 7.73. The van der Waals surface area contributed by atoms with E-state index >= 15 is 0 Å². The zero-order chi connectivity index (χ0) is 18.9. The van der Waals surface area contributed by atoms with Crippen molar-refractivity contribution >= 4 is 5.91 Å². The minimum Gasteiger partial charge on any atom is -0.338 e. The van der Waals surface area contributed by atoms with Gasteiger partial charge in [0.25, 0.3) is 0 Å². The van der Waals surface area contributed by atoms with Crippen molar-refractivity contribution in [2.24, 2.45) is 11.8 Å². The van der Waals surface area contributed by atoms with Crippen LogP contribution in [0, 0.1) is 11.8 Å². The molecule has 2 aliphatic carbocycles. The molecule has 2 aliphatic heterocycles. The summed E-state index contributed by atoms with van der Waals surface area (Å²) in [5, 5.41) is 0. The van der Waals surface area contributed by atoms with Gasteiger partial charge in [-0.05, 0) is 74.2 Å². The smallest absolute Gasteiger partial charge is 0.225 e. The zero-order valence-electron chi connectivity index (χ0n) is 17.1. The number of hydrogen-bond acceptors (Lipinski definition) is 2. The standard InChI is InChI=1S/C25H34N2O/c28-25(21-5-1-2-6-21)27-17-22-11-12-23(24(22)18-27)20-9-7-19(8-10-20)13-16-26-14-3-4-15-26/h7-11,21,23-24H,1-6,12-18H2. The van der Waals surface area contributed by atoms with Crippen LogP contribution in [0.5, 0.6) is 0 Å². The predicted octanol–water partition coefficient (Wildman–Crippen LogP) is 4.39. The van der Waals surface area contributed by atoms with E-state index in [4.69, 9.17) is 0 Å². The fraction of sp³-hybridized carbons (Fsp3) is 0.640. The van der Waals surface area contributed by atoms with Crippen LogP contribution < -0.4 is 0 Å². The van der Waals surface area contributed by atoms with Crippen molar-refractivity contribution in [1.82, 2.24) is 9.80 Å². The van der Waals surface area contributed by atoms with Crippen molar-refractivity contribution in [3.8, 4) is 0 Å². The molecule has 4 aliphatic rings. The molecule has 0 bridgehead atoms. The summed E-state index contributed by atoms with van der Waals surface area (Å²) in [6, 6.07) is 9.42. The average molecular weight is 379 g/mol. The van der Waals surface area contributed by atoms with Gasteiger partial charge in [0.2, 0.25) is 5.91 Å². The molecule has 0 radical (unpaired) electrons. The molecule has 1 aromatic carbocycles. The SMILES string of the molecule is O=C(C1CCCC1)N1CC2=CCC(c3ccc(CCN4CCCC4)cc3)C2C1. The first kappa shape index (κ1) is 18.4. The molecular formula is C25H34N2O. The average Bonchev–Trinajstić information content (AvgIpc) is 3.51. The molecule has 1 saturated carbocycles. The maximum absolute atomic E-state index is 12.8. The van der Waals surface area contributed by atoms with Crippen molar-refractivity contribution in [2.75, 3.05) is 32.7 Å². The van der Waals surface area contributed by atoms with Crippen molar-refractivity contribution in [1.29, 1.82) is 0 Å². The Morgan fingerprint density at radius 3 is 2.46 bits per heavy atom. The zero-order valence-corrected chi connectivity index (χ0v) is 17.1. The number of hydrogen-bond donors (Lipinski definition) is 0. The molecule has 150 valence electrons. The van der Waals surface area contributed by atoms with Gasteiger partial charge in [-0.25, -0.2) is 0 Å². The van der Waals surface area contributed by atoms with Crippen LogP contribution in [0.2, 0.25) is 0 Å². The van der Waals surface area contributed by atoms with Gasteiger partial charge in [-0.3, -0.25) is 4.79 Å². The molecule has 5 rings (SSSR count). The second kappa shape index (κ2) is 8.02. The first-order chi connectivity index (χ1) is 13.8. The van der Waals surface area contributed by atoms with Crippen LogP contribution in [0.1, 0.15) is 62.0 Å². The lowest BCUT2D eigenvalue weighted by Gasteiger charge is -2.23. The Hall–Kier alpha value is -1.61. The highest BCUT2D eigenvalue weighted by Gasteiger charge is 2.40. The summed E-state index contributed by atoms with van der Waals surface area (Å²) in [7, 11) is 0. The van der Waals surface area contributed by atoms with E-state index in [9.17, 15) is 4.79 Å². The number of allylic oxidation sites excluding steroid dienone is 1. The number of rotatable bonds is 5. The van der Waals surface area contributed by atoms with Crippen LogP contribution in [0.15, 0.2) is 35.9 Å². The highest BCUT2D eigenvalue weighted by Crippen LogP contribution is 2.44. The van der Waals surface area contributed by atoms with Crippen LogP contribution >= 0.6 is 0 Å². The second-order valence-electron chi connectivity index (χ2n) is 9.47. The highest BCUT2D eigenvalue weighted by atomic mass is 16.2. The highest BCUT2D eigenvalue weighted by molar-refractivity contribution is 5.80. The summed E-state index contributed by atoms with van der Waals surface area (Å²) in [5.74, 6) is 1.88. The van der Waals surface area contributed by atoms with E-state index in [2.05, 4.69) is 40.1 Å². The second-order valence-corrected chi connectivity index (χ2v) is 9.47. The van der Waals surface area contributed by atoms with E-state index in [0.29, 0.717) is 23.7 Å². The third kappa shape index (κ3) is 3.66. The number of fused-ring (bicyclic) bond motifs is 1. The number of carbonyl (C=O) groups is 1. The van der Waals surface area contributed by atoms with Crippen molar-refractivity contribution in [3.05, 3.63) is 47.0 Å². The Labute approximate surface area is 169 Å². The molecule has 2 heterocycles. The fourth-order valence-corrected chi connectivity index (χ4v) is 5.99. The molecule has 2 saturated heterocycles. The van der Waals surface area contributed by atoms with Gasteiger partial charge in [-0.1, -0.05) is 43.2 Å². The molecule has 3 fully saturated rings. The first-order valence-corrected chi connectivity index (χ1v) is 11.6. The van der Waals surface area contributed by atoms with E-state index < -0.39 is 0 Å². The largest absolute Gasteiger partial charge is 0.338 e. The van der Waals surface area contributed by atoms with Gasteiger partial charge in [-0.2, -0.15) is 0 Å². The van der Waals surface area contributed by atoms with E-state index in [1.54, 1.807) is 0 Å². The van der Waals surface area contributed by atoms with Gasteiger partial charge in [-0.15, -0.1) is 0 Å². The normalized spacial score (nSPS) is 28.1. The van der Waals surface area contributed by atoms with Gasteiger partial charge in [0.1, 0.15) is 0 Å². The maximum atomic E-state index is 12.8. The summed E-state index contributed by atoms with van der Waals surface area (Å²) < 4.78 is 0. The van der Waals surface area contributed by atoms with Crippen LogP contribution in [-0.2, 0) is 11.2 Å². The fourth-order valence-electron chi connectivity index (χ4n) is 5.99. The Morgan fingerprint density at radius 1 is 0.964 bits per heavy atom. The number of benzene rings is 1. The number of carbonyl (C=O) groups excluding carboxylic acids is 1. The van der Waals surface area contributed by atoms with E-state index in [1.165, 1.54) is 68.4 Å². The quantitative estimate of drug-likeness (QED) is 0.710. The molecule has 0 N–H and O–H groups in total. The van der Waals surface area contributed by atoms with Gasteiger partial charge in [0, 0.05) is 31.5 Å². The Kier molecular flexibility index (Phi) is 5.28. The lowest BCUT2D eigenvalue weighted by molar-refractivity contribution is -0.134. The molecule has 2 atom stereocenters. The molecule has 3 heteroatoms. The Balaban J connectivity index is 1.19. The molecular weight excluding hydrogens is 344 g/mol. The molecule has 3 nitrogen and oxygen atoms in total. The summed E-state index contributed by atoms with van der Waals surface area (Å²) in [5.41, 5.74) is 4.46. The van der Waals surface area contributed by atoms with Crippen LogP contribution in [-0.4, -0.2) is 48.4 Å². The van der Waals surface area contributed by atoms with E-state index in [0.717, 1.165) is 32.4 Å². The summed E-state index contributed by atoms with van der Waals surface area (Å²) in [6.07, 6.45) is 12.2. The van der Waals surface area contributed by atoms with Crippen LogP contribution in [0.3, 0.4) is 0 Å². The molecule has 0 aromatic heterocycles. The van der Waals surface area contributed by atoms with Gasteiger partial charge in [0.15, 0.2) is 0 Å². The Bertz CT molecular complexity index is 725. The van der Waals surface area contributed by atoms with Gasteiger partial charge in [0.05, 0.1) is 0 Å². The molecule has 2 unspecified atom stereocenters. The lowest BCUT2D eigenvalue weighted by atomic mass is 9.86.